The van der Waals surface area contributed by atoms with Crippen molar-refractivity contribution in [2.24, 2.45) is 4.99 Å². The molecule has 2 aromatic carbocycles. The molecule has 2 aliphatic heterocycles. The number of aliphatic imine (C=N–C) groups is 1. The van der Waals surface area contributed by atoms with Gasteiger partial charge in [0.25, 0.3) is 0 Å². The molecular weight excluding hydrogens is 460 g/mol. The molecule has 5 rings (SSSR count). The number of piperidine rings is 1. The maximum Gasteiger partial charge on any atom is 0.305 e. The average Bonchev–Trinajstić information content (AvgIpc) is 3.47. The molecule has 1 saturated heterocycles. The van der Waals surface area contributed by atoms with Crippen LogP contribution in [0.25, 0.3) is 10.9 Å². The van der Waals surface area contributed by atoms with E-state index in [1.54, 1.807) is 18.7 Å². The van der Waals surface area contributed by atoms with E-state index in [2.05, 4.69) is 64.3 Å². The Bertz CT molecular complexity index is 1280. The van der Waals surface area contributed by atoms with Crippen LogP contribution in [0.4, 0.5) is 11.4 Å². The van der Waals surface area contributed by atoms with Crippen molar-refractivity contribution in [2.75, 3.05) is 23.7 Å². The van der Waals surface area contributed by atoms with Gasteiger partial charge in [0.15, 0.2) is 0 Å². The second-order valence-corrected chi connectivity index (χ2v) is 10.4. The predicted molar refractivity (Wildman–Crippen MR) is 142 cm³/mol. The summed E-state index contributed by atoms with van der Waals surface area (Å²) in [4.78, 5) is 35.7. The summed E-state index contributed by atoms with van der Waals surface area (Å²) in [6.45, 7) is 5.27. The minimum absolute atomic E-state index is 0.0574. The molecule has 2 aliphatic rings. The van der Waals surface area contributed by atoms with E-state index in [1.165, 1.54) is 5.56 Å². The fourth-order valence-electron chi connectivity index (χ4n) is 5.12. The van der Waals surface area contributed by atoms with Crippen LogP contribution in [-0.2, 0) is 9.59 Å². The van der Waals surface area contributed by atoms with Gasteiger partial charge < -0.3 is 19.9 Å². The van der Waals surface area contributed by atoms with Crippen molar-refractivity contribution in [3.8, 4) is 0 Å². The highest BCUT2D eigenvalue weighted by molar-refractivity contribution is 8.14. The van der Waals surface area contributed by atoms with Gasteiger partial charge in [-0.25, -0.2) is 0 Å². The Kier molecular flexibility index (Phi) is 6.56. The molecule has 1 amide bonds. The highest BCUT2D eigenvalue weighted by atomic mass is 32.2. The van der Waals surface area contributed by atoms with Crippen LogP contribution >= 0.6 is 11.8 Å². The molecule has 8 heteroatoms. The van der Waals surface area contributed by atoms with Gasteiger partial charge >= 0.3 is 5.97 Å². The Balaban J connectivity index is 1.55. The number of carboxylic acid groups (broad SMARTS) is 1. The van der Waals surface area contributed by atoms with Crippen molar-refractivity contribution in [2.45, 2.75) is 45.2 Å². The number of nitrogens with zero attached hydrogens (tertiary/aromatic N) is 3. The topological polar surface area (TPSA) is 89.0 Å². The Hall–Kier alpha value is -3.26. The number of aromatic amines is 1. The van der Waals surface area contributed by atoms with E-state index in [0.29, 0.717) is 5.75 Å². The number of para-hydroxylation sites is 1. The molecule has 0 aliphatic carbocycles. The molecule has 182 valence electrons. The summed E-state index contributed by atoms with van der Waals surface area (Å²) in [5.74, 6) is 0.00971. The summed E-state index contributed by atoms with van der Waals surface area (Å²) in [5, 5.41) is 11.1. The molecule has 0 spiro atoms. The number of carbonyl (C=O) groups excluding carboxylic acids is 1. The standard InChI is InChI=1S/C27H30N4O3S/c1-17-12-19-14-23(27-28-20(16-35-27)15-25(33)34)29-26(19)24(13-17)31(21-6-4-3-5-7-21)22-8-10-30(11-9-22)18(2)32/h3-7,12-14,20,22,29H,8-11,15-16H2,1-2H3,(H,33,34)/t20-/m0/s1. The molecule has 7 nitrogen and oxygen atoms in total. The van der Waals surface area contributed by atoms with E-state index < -0.39 is 5.97 Å². The van der Waals surface area contributed by atoms with Gasteiger partial charge in [0.2, 0.25) is 5.91 Å². The Morgan fingerprint density at radius 2 is 1.91 bits per heavy atom. The third-order valence-electron chi connectivity index (χ3n) is 6.77. The van der Waals surface area contributed by atoms with Crippen LogP contribution in [0.5, 0.6) is 0 Å². The summed E-state index contributed by atoms with van der Waals surface area (Å²) < 4.78 is 0. The number of amides is 1. The largest absolute Gasteiger partial charge is 0.481 e. The first-order chi connectivity index (χ1) is 16.9. The molecule has 3 heterocycles. The van der Waals surface area contributed by atoms with Crippen molar-refractivity contribution in [3.05, 3.63) is 59.8 Å². The van der Waals surface area contributed by atoms with E-state index in [-0.39, 0.29) is 24.4 Å². The molecule has 1 aromatic heterocycles. The first kappa shape index (κ1) is 23.5. The van der Waals surface area contributed by atoms with Crippen molar-refractivity contribution in [1.82, 2.24) is 9.88 Å². The molecule has 3 aromatic rings. The number of rotatable bonds is 6. The molecule has 0 radical (unpaired) electrons. The number of fused-ring (bicyclic) bond motifs is 1. The molecule has 0 saturated carbocycles. The Morgan fingerprint density at radius 3 is 2.60 bits per heavy atom. The van der Waals surface area contributed by atoms with Gasteiger partial charge in [0.1, 0.15) is 5.04 Å². The van der Waals surface area contributed by atoms with Gasteiger partial charge in [0, 0.05) is 42.9 Å². The summed E-state index contributed by atoms with van der Waals surface area (Å²) in [7, 11) is 0. The summed E-state index contributed by atoms with van der Waals surface area (Å²) in [6, 6.07) is 17.0. The van der Waals surface area contributed by atoms with E-state index >= 15 is 0 Å². The van der Waals surface area contributed by atoms with Crippen LogP contribution in [0.3, 0.4) is 0 Å². The van der Waals surface area contributed by atoms with Crippen LogP contribution in [0.2, 0.25) is 0 Å². The number of thioether (sulfide) groups is 1. The molecule has 1 atom stereocenters. The first-order valence-electron chi connectivity index (χ1n) is 12.0. The SMILES string of the molecule is CC(=O)N1CCC(N(c2ccccc2)c2cc(C)cc3cc(C4=N[C@@H](CC(=O)O)CS4)[nH]c23)CC1. The first-order valence-corrected chi connectivity index (χ1v) is 13.0. The van der Waals surface area contributed by atoms with E-state index in [0.717, 1.165) is 58.9 Å². The number of hydrogen-bond acceptors (Lipinski definition) is 5. The quantitative estimate of drug-likeness (QED) is 0.510. The lowest BCUT2D eigenvalue weighted by Gasteiger charge is -2.40. The van der Waals surface area contributed by atoms with Crippen molar-refractivity contribution in [1.29, 1.82) is 0 Å². The molecule has 0 bridgehead atoms. The maximum absolute atomic E-state index is 11.9. The number of carbonyl (C=O) groups is 2. The van der Waals surface area contributed by atoms with E-state index in [1.807, 2.05) is 11.0 Å². The summed E-state index contributed by atoms with van der Waals surface area (Å²) in [5.41, 5.74) is 5.40. The van der Waals surface area contributed by atoms with Crippen LogP contribution in [-0.4, -0.2) is 62.8 Å². The minimum Gasteiger partial charge on any atom is -0.481 e. The number of nitrogens with one attached hydrogen (secondary N) is 1. The predicted octanol–water partition coefficient (Wildman–Crippen LogP) is 4.96. The van der Waals surface area contributed by atoms with Gasteiger partial charge in [0.05, 0.1) is 29.4 Å². The lowest BCUT2D eigenvalue weighted by Crippen LogP contribution is -2.44. The van der Waals surface area contributed by atoms with Crippen molar-refractivity contribution >= 4 is 51.0 Å². The third-order valence-corrected chi connectivity index (χ3v) is 7.92. The normalized spacial score (nSPS) is 18.6. The number of aromatic nitrogens is 1. The number of H-pyrrole nitrogens is 1. The van der Waals surface area contributed by atoms with Gasteiger partial charge in [-0.05, 0) is 55.7 Å². The zero-order valence-electron chi connectivity index (χ0n) is 20.0. The van der Waals surface area contributed by atoms with Gasteiger partial charge in [-0.1, -0.05) is 18.2 Å². The van der Waals surface area contributed by atoms with Gasteiger partial charge in [-0.2, -0.15) is 0 Å². The number of aryl methyl sites for hydroxylation is 1. The number of carboxylic acids is 1. The maximum atomic E-state index is 11.9. The van der Waals surface area contributed by atoms with E-state index in [4.69, 9.17) is 5.11 Å². The molecule has 1 fully saturated rings. The second-order valence-electron chi connectivity index (χ2n) is 9.37. The summed E-state index contributed by atoms with van der Waals surface area (Å²) in [6.07, 6.45) is 1.86. The van der Waals surface area contributed by atoms with Crippen molar-refractivity contribution < 1.29 is 14.7 Å². The van der Waals surface area contributed by atoms with Crippen LogP contribution in [0, 0.1) is 6.92 Å². The number of benzene rings is 2. The van der Waals surface area contributed by atoms with E-state index in [9.17, 15) is 9.59 Å². The average molecular weight is 491 g/mol. The molecule has 2 N–H and O–H groups in total. The van der Waals surface area contributed by atoms with Gasteiger partial charge in [-0.15, -0.1) is 11.8 Å². The smallest absolute Gasteiger partial charge is 0.305 e. The number of likely N-dealkylation sites (tertiary alicyclic amines) is 1. The van der Waals surface area contributed by atoms with Crippen molar-refractivity contribution in [3.63, 3.8) is 0 Å². The lowest BCUT2D eigenvalue weighted by molar-refractivity contribution is -0.137. The Morgan fingerprint density at radius 1 is 1.17 bits per heavy atom. The van der Waals surface area contributed by atoms with Crippen LogP contribution in [0.1, 0.15) is 37.4 Å². The third kappa shape index (κ3) is 4.93. The monoisotopic (exact) mass is 490 g/mol. The molecular formula is C27H30N4O3S. The van der Waals surface area contributed by atoms with Crippen LogP contribution < -0.4 is 4.90 Å². The highest BCUT2D eigenvalue weighted by Gasteiger charge is 2.29. The Labute approximate surface area is 209 Å². The molecule has 0 unspecified atom stereocenters. The van der Waals surface area contributed by atoms with Crippen LogP contribution in [0.15, 0.2) is 53.5 Å². The van der Waals surface area contributed by atoms with Gasteiger partial charge in [-0.3, -0.25) is 14.6 Å². The highest BCUT2D eigenvalue weighted by Crippen LogP contribution is 2.38. The number of aliphatic carboxylic acids is 1. The fraction of sp³-hybridized carbons (Fsp3) is 0.370. The zero-order valence-corrected chi connectivity index (χ0v) is 20.8. The summed E-state index contributed by atoms with van der Waals surface area (Å²) >= 11 is 1.61. The lowest BCUT2D eigenvalue weighted by atomic mass is 10.00. The fourth-order valence-corrected chi connectivity index (χ4v) is 6.15. The molecule has 35 heavy (non-hydrogen) atoms. The second kappa shape index (κ2) is 9.77. The number of hydrogen-bond donors (Lipinski definition) is 2. The zero-order chi connectivity index (χ0) is 24.5. The minimum atomic E-state index is -0.815. The number of anilines is 2.